The molecule has 7 nitrogen and oxygen atoms in total. The summed E-state index contributed by atoms with van der Waals surface area (Å²) in [6.45, 7) is 7.53. The second-order valence-corrected chi connectivity index (χ2v) is 12.1. The third-order valence-electron chi connectivity index (χ3n) is 7.76. The standard InChI is InChI=1S/C29H36BrN3O4/c1-29(2,3)21-11-13-23(14-12-21)33-25(18-32(28(33)37)24-6-4-5-22(30)17-24)19-7-9-20(10-8-19)27(36)31-16-15-26(34)35/h4-10,17,21,23,25H,11-16,18H2,1-3H3,(H,31,36)(H,34,35). The van der Waals surface area contributed by atoms with Crippen LogP contribution >= 0.6 is 15.9 Å². The highest BCUT2D eigenvalue weighted by Crippen LogP contribution is 2.43. The summed E-state index contributed by atoms with van der Waals surface area (Å²) in [5.41, 5.74) is 2.60. The Kier molecular flexibility index (Phi) is 8.26. The second-order valence-electron chi connectivity index (χ2n) is 11.2. The first kappa shape index (κ1) is 27.2. The minimum Gasteiger partial charge on any atom is -0.481 e. The Morgan fingerprint density at radius 3 is 2.32 bits per heavy atom. The van der Waals surface area contributed by atoms with Crippen molar-refractivity contribution in [3.63, 3.8) is 0 Å². The van der Waals surface area contributed by atoms with E-state index in [-0.39, 0.29) is 42.4 Å². The molecule has 2 fully saturated rings. The van der Waals surface area contributed by atoms with Gasteiger partial charge in [-0.15, -0.1) is 0 Å². The molecule has 3 amide bonds. The van der Waals surface area contributed by atoms with Crippen LogP contribution in [-0.2, 0) is 4.79 Å². The van der Waals surface area contributed by atoms with E-state index in [1.54, 1.807) is 12.1 Å². The molecule has 0 aromatic heterocycles. The fourth-order valence-corrected chi connectivity index (χ4v) is 6.00. The summed E-state index contributed by atoms with van der Waals surface area (Å²) in [4.78, 5) is 40.9. The molecular weight excluding hydrogens is 534 g/mol. The van der Waals surface area contributed by atoms with E-state index < -0.39 is 5.97 Å². The third-order valence-corrected chi connectivity index (χ3v) is 8.25. The van der Waals surface area contributed by atoms with Crippen LogP contribution in [0.2, 0.25) is 0 Å². The predicted octanol–water partition coefficient (Wildman–Crippen LogP) is 6.24. The predicted molar refractivity (Wildman–Crippen MR) is 148 cm³/mol. The number of carbonyl (C=O) groups excluding carboxylic acids is 2. The van der Waals surface area contributed by atoms with Gasteiger partial charge in [0.15, 0.2) is 0 Å². The largest absolute Gasteiger partial charge is 0.481 e. The van der Waals surface area contributed by atoms with Gasteiger partial charge in [-0.25, -0.2) is 4.79 Å². The molecule has 1 unspecified atom stereocenters. The maximum Gasteiger partial charge on any atom is 0.325 e. The van der Waals surface area contributed by atoms with Crippen molar-refractivity contribution in [3.8, 4) is 0 Å². The van der Waals surface area contributed by atoms with Gasteiger partial charge in [-0.05, 0) is 72.9 Å². The van der Waals surface area contributed by atoms with Crippen LogP contribution < -0.4 is 10.2 Å². The Morgan fingerprint density at radius 2 is 1.73 bits per heavy atom. The lowest BCUT2D eigenvalue weighted by atomic mass is 9.71. The van der Waals surface area contributed by atoms with Crippen molar-refractivity contribution in [2.24, 2.45) is 11.3 Å². The van der Waals surface area contributed by atoms with Gasteiger partial charge in [0, 0.05) is 28.3 Å². The molecule has 8 heteroatoms. The molecule has 1 atom stereocenters. The summed E-state index contributed by atoms with van der Waals surface area (Å²) < 4.78 is 0.928. The number of anilines is 1. The van der Waals surface area contributed by atoms with Crippen LogP contribution in [0.1, 0.15) is 74.8 Å². The van der Waals surface area contributed by atoms with E-state index in [2.05, 4.69) is 46.9 Å². The van der Waals surface area contributed by atoms with Crippen molar-refractivity contribution >= 4 is 39.5 Å². The van der Waals surface area contributed by atoms with Gasteiger partial charge in [0.25, 0.3) is 5.91 Å². The van der Waals surface area contributed by atoms with E-state index in [1.807, 2.05) is 41.3 Å². The summed E-state index contributed by atoms with van der Waals surface area (Å²) >= 11 is 3.53. The van der Waals surface area contributed by atoms with Gasteiger partial charge in [0.1, 0.15) is 0 Å². The molecular formula is C29H36BrN3O4. The fraction of sp³-hybridized carbons (Fsp3) is 0.483. The van der Waals surface area contributed by atoms with Crippen molar-refractivity contribution in [1.29, 1.82) is 0 Å². The molecule has 2 aliphatic rings. The lowest BCUT2D eigenvalue weighted by molar-refractivity contribution is -0.136. The fourth-order valence-electron chi connectivity index (χ4n) is 5.61. The third kappa shape index (κ3) is 6.35. The molecule has 1 heterocycles. The highest BCUT2D eigenvalue weighted by molar-refractivity contribution is 9.10. The molecule has 2 N–H and O–H groups in total. The number of nitrogens with zero attached hydrogens (tertiary/aromatic N) is 2. The summed E-state index contributed by atoms with van der Waals surface area (Å²) in [7, 11) is 0. The molecule has 1 aliphatic heterocycles. The number of aliphatic carboxylic acids is 1. The van der Waals surface area contributed by atoms with E-state index in [9.17, 15) is 14.4 Å². The molecule has 0 bridgehead atoms. The first-order valence-corrected chi connectivity index (χ1v) is 13.8. The van der Waals surface area contributed by atoms with Gasteiger partial charge in [-0.1, -0.05) is 54.9 Å². The Bertz CT molecular complexity index is 1140. The van der Waals surface area contributed by atoms with Crippen LogP contribution in [0.4, 0.5) is 10.5 Å². The van der Waals surface area contributed by atoms with Crippen molar-refractivity contribution in [2.45, 2.75) is 65.0 Å². The van der Waals surface area contributed by atoms with Crippen molar-refractivity contribution in [2.75, 3.05) is 18.0 Å². The highest BCUT2D eigenvalue weighted by Gasteiger charge is 2.44. The molecule has 2 aromatic carbocycles. The van der Waals surface area contributed by atoms with E-state index in [1.165, 1.54) is 0 Å². The zero-order valence-corrected chi connectivity index (χ0v) is 23.3. The van der Waals surface area contributed by atoms with Crippen LogP contribution in [0.25, 0.3) is 0 Å². The SMILES string of the molecule is CC(C)(C)C1CCC(N2C(=O)N(c3cccc(Br)c3)CC2c2ccc(C(=O)NCCC(=O)O)cc2)CC1. The van der Waals surface area contributed by atoms with Crippen LogP contribution in [0.5, 0.6) is 0 Å². The Balaban J connectivity index is 1.56. The second kappa shape index (κ2) is 11.3. The molecule has 198 valence electrons. The number of carboxylic acid groups (broad SMARTS) is 1. The number of benzene rings is 2. The normalized spacial score (nSPS) is 22.3. The van der Waals surface area contributed by atoms with Gasteiger partial charge in [-0.2, -0.15) is 0 Å². The number of amides is 3. The zero-order valence-electron chi connectivity index (χ0n) is 21.7. The minimum atomic E-state index is -0.951. The minimum absolute atomic E-state index is 0.0257. The maximum absolute atomic E-state index is 13.9. The number of carbonyl (C=O) groups is 3. The molecule has 37 heavy (non-hydrogen) atoms. The quantitative estimate of drug-likeness (QED) is 0.412. The zero-order chi connectivity index (χ0) is 26.7. The van der Waals surface area contributed by atoms with Gasteiger partial charge < -0.3 is 15.3 Å². The first-order chi connectivity index (χ1) is 17.5. The Labute approximate surface area is 227 Å². The molecule has 1 aliphatic carbocycles. The summed E-state index contributed by atoms with van der Waals surface area (Å²) in [5, 5.41) is 11.4. The lowest BCUT2D eigenvalue weighted by Gasteiger charge is -2.41. The lowest BCUT2D eigenvalue weighted by Crippen LogP contribution is -2.43. The van der Waals surface area contributed by atoms with Gasteiger partial charge in [0.2, 0.25) is 0 Å². The number of urea groups is 1. The molecule has 2 aromatic rings. The number of halogens is 1. The summed E-state index contributed by atoms with van der Waals surface area (Å²) in [6, 6.07) is 15.3. The maximum atomic E-state index is 13.9. The monoisotopic (exact) mass is 569 g/mol. The number of nitrogens with one attached hydrogen (secondary N) is 1. The first-order valence-electron chi connectivity index (χ1n) is 13.0. The average Bonchev–Trinajstić information content (AvgIpc) is 3.20. The molecule has 4 rings (SSSR count). The Morgan fingerprint density at radius 1 is 1.05 bits per heavy atom. The Hall–Kier alpha value is -2.87. The van der Waals surface area contributed by atoms with Crippen LogP contribution in [0.3, 0.4) is 0 Å². The van der Waals surface area contributed by atoms with Gasteiger partial charge in [-0.3, -0.25) is 14.5 Å². The topological polar surface area (TPSA) is 90.0 Å². The van der Waals surface area contributed by atoms with E-state index in [0.29, 0.717) is 18.0 Å². The summed E-state index contributed by atoms with van der Waals surface area (Å²) in [6.07, 6.45) is 4.07. The van der Waals surface area contributed by atoms with Crippen LogP contribution in [-0.4, -0.2) is 47.0 Å². The number of hydrogen-bond donors (Lipinski definition) is 2. The van der Waals surface area contributed by atoms with Crippen LogP contribution in [0.15, 0.2) is 53.0 Å². The van der Waals surface area contributed by atoms with Gasteiger partial charge >= 0.3 is 12.0 Å². The average molecular weight is 571 g/mol. The van der Waals surface area contributed by atoms with E-state index in [0.717, 1.165) is 41.4 Å². The van der Waals surface area contributed by atoms with Gasteiger partial charge in [0.05, 0.1) is 19.0 Å². The van der Waals surface area contributed by atoms with Crippen molar-refractivity contribution < 1.29 is 19.5 Å². The number of hydrogen-bond acceptors (Lipinski definition) is 3. The number of carboxylic acids is 1. The molecule has 0 spiro atoms. The summed E-state index contributed by atoms with van der Waals surface area (Å²) in [5.74, 6) is -0.600. The molecule has 0 radical (unpaired) electrons. The smallest absolute Gasteiger partial charge is 0.325 e. The molecule has 1 saturated carbocycles. The van der Waals surface area contributed by atoms with Crippen molar-refractivity contribution in [3.05, 3.63) is 64.1 Å². The van der Waals surface area contributed by atoms with E-state index in [4.69, 9.17) is 5.11 Å². The van der Waals surface area contributed by atoms with E-state index >= 15 is 0 Å². The molecule has 1 saturated heterocycles. The number of rotatable bonds is 7. The van der Waals surface area contributed by atoms with Crippen LogP contribution in [0, 0.1) is 11.3 Å². The van der Waals surface area contributed by atoms with Crippen molar-refractivity contribution in [1.82, 2.24) is 10.2 Å². The highest BCUT2D eigenvalue weighted by atomic mass is 79.9.